The van der Waals surface area contributed by atoms with Gasteiger partial charge in [0.1, 0.15) is 17.4 Å². The molecule has 1 aliphatic heterocycles. The van der Waals surface area contributed by atoms with Crippen LogP contribution in [-0.2, 0) is 0 Å². The Morgan fingerprint density at radius 2 is 2.14 bits per heavy atom. The maximum atomic E-state index is 12.1. The molecule has 8 nitrogen and oxygen atoms in total. The van der Waals surface area contributed by atoms with Crippen LogP contribution >= 0.6 is 0 Å². The molecule has 1 aromatic carbocycles. The molecule has 0 aliphatic carbocycles. The summed E-state index contributed by atoms with van der Waals surface area (Å²) in [4.78, 5) is 25.4. The largest absolute Gasteiger partial charge is 0.366 e. The van der Waals surface area contributed by atoms with Gasteiger partial charge in [0, 0.05) is 18.2 Å². The van der Waals surface area contributed by atoms with Crippen LogP contribution < -0.4 is 16.4 Å². The molecule has 1 amide bonds. The van der Waals surface area contributed by atoms with E-state index in [0.717, 1.165) is 25.9 Å². The summed E-state index contributed by atoms with van der Waals surface area (Å²) in [6, 6.07) is 11.1. The monoisotopic (exact) mass is 373 g/mol. The number of carbonyl (C=O) groups excluding carboxylic acids is 1. The Morgan fingerprint density at radius 3 is 2.89 bits per heavy atom. The Morgan fingerprint density at radius 1 is 1.29 bits per heavy atom. The molecule has 140 valence electrons. The van der Waals surface area contributed by atoms with Crippen LogP contribution in [0.4, 0.5) is 5.82 Å². The van der Waals surface area contributed by atoms with E-state index in [9.17, 15) is 10.1 Å². The molecule has 28 heavy (non-hydrogen) atoms. The van der Waals surface area contributed by atoms with Gasteiger partial charge in [0.05, 0.1) is 22.9 Å². The molecule has 0 saturated carbocycles. The number of benzene rings is 1. The van der Waals surface area contributed by atoms with Crippen LogP contribution in [0.3, 0.4) is 0 Å². The fraction of sp³-hybridized carbons (Fsp3) is 0.250. The van der Waals surface area contributed by atoms with Gasteiger partial charge >= 0.3 is 0 Å². The lowest BCUT2D eigenvalue weighted by Crippen LogP contribution is -2.38. The van der Waals surface area contributed by atoms with Crippen LogP contribution in [0.5, 0.6) is 0 Å². The number of hydrogen-bond donors (Lipinski definition) is 3. The van der Waals surface area contributed by atoms with Gasteiger partial charge in [-0.05, 0) is 31.5 Å². The maximum absolute atomic E-state index is 12.1. The minimum Gasteiger partial charge on any atom is -0.366 e. The molecule has 3 heterocycles. The van der Waals surface area contributed by atoms with Crippen LogP contribution in [0.1, 0.15) is 28.8 Å². The highest BCUT2D eigenvalue weighted by molar-refractivity contribution is 6.07. The highest BCUT2D eigenvalue weighted by Crippen LogP contribution is 2.29. The standard InChI is InChI=1S/C20H19N7O/c21-9-12-4-1-2-6-14(12)16-8-15(19(22)28)17-18(27-16)20(25-11-24-17)26-13-5-3-7-23-10-13/h1-2,4,6,8,11,13,23H,3,5,7,10H2,(H2,22,28)(H,24,25,26)/t13-/m0/s1. The van der Waals surface area contributed by atoms with E-state index in [4.69, 9.17) is 10.7 Å². The number of pyridine rings is 1. The lowest BCUT2D eigenvalue weighted by Gasteiger charge is -2.24. The van der Waals surface area contributed by atoms with Crippen molar-refractivity contribution in [3.63, 3.8) is 0 Å². The van der Waals surface area contributed by atoms with Crippen molar-refractivity contribution in [1.82, 2.24) is 20.3 Å². The van der Waals surface area contributed by atoms with Crippen molar-refractivity contribution in [2.45, 2.75) is 18.9 Å². The number of rotatable bonds is 4. The van der Waals surface area contributed by atoms with E-state index in [1.165, 1.54) is 6.33 Å². The smallest absolute Gasteiger partial charge is 0.251 e. The van der Waals surface area contributed by atoms with Gasteiger partial charge in [0.25, 0.3) is 5.91 Å². The first-order chi connectivity index (χ1) is 13.7. The molecule has 1 fully saturated rings. The quantitative estimate of drug-likeness (QED) is 0.636. The number of anilines is 1. The molecule has 0 spiro atoms. The lowest BCUT2D eigenvalue weighted by atomic mass is 10.0. The SMILES string of the molecule is N#Cc1ccccc1-c1cc(C(N)=O)c2ncnc(N[C@H]3CCCNC3)c2n1. The van der Waals surface area contributed by atoms with E-state index in [0.29, 0.717) is 33.7 Å². The summed E-state index contributed by atoms with van der Waals surface area (Å²) in [5, 5.41) is 16.2. The third-order valence-corrected chi connectivity index (χ3v) is 4.82. The molecule has 8 heteroatoms. The molecule has 4 N–H and O–H groups in total. The summed E-state index contributed by atoms with van der Waals surface area (Å²) >= 11 is 0. The number of nitrogens with zero attached hydrogens (tertiary/aromatic N) is 4. The topological polar surface area (TPSA) is 130 Å². The van der Waals surface area contributed by atoms with Gasteiger partial charge < -0.3 is 16.4 Å². The van der Waals surface area contributed by atoms with Gasteiger partial charge in [0.15, 0.2) is 5.82 Å². The van der Waals surface area contributed by atoms with Gasteiger partial charge in [-0.3, -0.25) is 4.79 Å². The first-order valence-electron chi connectivity index (χ1n) is 9.09. The number of fused-ring (bicyclic) bond motifs is 1. The van der Waals surface area contributed by atoms with Crippen molar-refractivity contribution in [3.05, 3.63) is 47.8 Å². The molecule has 1 aliphatic rings. The highest BCUT2D eigenvalue weighted by Gasteiger charge is 2.20. The summed E-state index contributed by atoms with van der Waals surface area (Å²) in [6.07, 6.45) is 3.48. The fourth-order valence-corrected chi connectivity index (χ4v) is 3.44. The Labute approximate surface area is 161 Å². The number of aromatic nitrogens is 3. The van der Waals surface area contributed by atoms with Crippen LogP contribution in [0.15, 0.2) is 36.7 Å². The predicted molar refractivity (Wildman–Crippen MR) is 106 cm³/mol. The van der Waals surface area contributed by atoms with Crippen LogP contribution in [0, 0.1) is 11.3 Å². The molecule has 2 aromatic heterocycles. The summed E-state index contributed by atoms with van der Waals surface area (Å²) in [5.74, 6) is -0.0513. The van der Waals surface area contributed by atoms with Crippen molar-refractivity contribution in [2.75, 3.05) is 18.4 Å². The number of primary amides is 1. The maximum Gasteiger partial charge on any atom is 0.251 e. The van der Waals surface area contributed by atoms with Gasteiger partial charge in [-0.2, -0.15) is 5.26 Å². The Kier molecular flexibility index (Phi) is 4.83. The van der Waals surface area contributed by atoms with Gasteiger partial charge in [0.2, 0.25) is 0 Å². The zero-order valence-corrected chi connectivity index (χ0v) is 15.1. The highest BCUT2D eigenvalue weighted by atomic mass is 16.1. The first kappa shape index (κ1) is 17.8. The van der Waals surface area contributed by atoms with E-state index < -0.39 is 5.91 Å². The number of nitrogens with two attached hydrogens (primary N) is 1. The number of amides is 1. The molecule has 1 atom stereocenters. The lowest BCUT2D eigenvalue weighted by molar-refractivity contribution is 0.100. The molecule has 1 saturated heterocycles. The number of carbonyl (C=O) groups is 1. The van der Waals surface area contributed by atoms with Crippen molar-refractivity contribution >= 4 is 22.8 Å². The minimum atomic E-state index is -0.605. The van der Waals surface area contributed by atoms with Gasteiger partial charge in [-0.1, -0.05) is 18.2 Å². The molecular formula is C20H19N7O. The third kappa shape index (κ3) is 3.35. The Balaban J connectivity index is 1.89. The minimum absolute atomic E-state index is 0.209. The molecule has 0 radical (unpaired) electrons. The van der Waals surface area contributed by atoms with Crippen molar-refractivity contribution in [3.8, 4) is 17.3 Å². The zero-order chi connectivity index (χ0) is 19.5. The molecule has 4 rings (SSSR count). The summed E-state index contributed by atoms with van der Waals surface area (Å²) in [7, 11) is 0. The van der Waals surface area contributed by atoms with Crippen molar-refractivity contribution in [1.29, 1.82) is 5.26 Å². The average Bonchev–Trinajstić information content (AvgIpc) is 2.74. The zero-order valence-electron chi connectivity index (χ0n) is 15.1. The van der Waals surface area contributed by atoms with E-state index in [1.807, 2.05) is 6.07 Å². The normalized spacial score (nSPS) is 16.5. The molecule has 0 bridgehead atoms. The average molecular weight is 373 g/mol. The van der Waals surface area contributed by atoms with Crippen LogP contribution in [0.25, 0.3) is 22.3 Å². The van der Waals surface area contributed by atoms with E-state index >= 15 is 0 Å². The van der Waals surface area contributed by atoms with Crippen molar-refractivity contribution in [2.24, 2.45) is 5.73 Å². The number of piperidine rings is 1. The predicted octanol–water partition coefficient (Wildman–Crippen LogP) is 1.83. The Bertz CT molecular complexity index is 1080. The second-order valence-corrected chi connectivity index (χ2v) is 6.68. The summed E-state index contributed by atoms with van der Waals surface area (Å²) in [6.45, 7) is 1.83. The van der Waals surface area contributed by atoms with Gasteiger partial charge in [-0.25, -0.2) is 15.0 Å². The number of nitrogens with one attached hydrogen (secondary N) is 2. The first-order valence-corrected chi connectivity index (χ1v) is 9.09. The molecular weight excluding hydrogens is 354 g/mol. The van der Waals surface area contributed by atoms with E-state index in [1.54, 1.807) is 24.3 Å². The summed E-state index contributed by atoms with van der Waals surface area (Å²) in [5.41, 5.74) is 8.30. The second-order valence-electron chi connectivity index (χ2n) is 6.68. The fourth-order valence-electron chi connectivity index (χ4n) is 3.44. The molecule has 0 unspecified atom stereocenters. The van der Waals surface area contributed by atoms with E-state index in [2.05, 4.69) is 26.7 Å². The van der Waals surface area contributed by atoms with Crippen molar-refractivity contribution < 1.29 is 4.79 Å². The molecule has 3 aromatic rings. The number of hydrogen-bond acceptors (Lipinski definition) is 7. The van der Waals surface area contributed by atoms with Crippen LogP contribution in [0.2, 0.25) is 0 Å². The van der Waals surface area contributed by atoms with E-state index in [-0.39, 0.29) is 11.6 Å². The van der Waals surface area contributed by atoms with Gasteiger partial charge in [-0.15, -0.1) is 0 Å². The summed E-state index contributed by atoms with van der Waals surface area (Å²) < 4.78 is 0. The number of nitriles is 1. The second kappa shape index (κ2) is 7.58. The third-order valence-electron chi connectivity index (χ3n) is 4.82. The Hall–Kier alpha value is -3.57. The van der Waals surface area contributed by atoms with Crippen LogP contribution in [-0.4, -0.2) is 40.0 Å².